The van der Waals surface area contributed by atoms with Crippen LogP contribution in [0.2, 0.25) is 0 Å². The number of carbonyl (C=O) groups excluding carboxylic acids is 1. The molecule has 1 aromatic rings. The molecule has 0 unspecified atom stereocenters. The fourth-order valence-electron chi connectivity index (χ4n) is 0.969. The minimum Gasteiger partial charge on any atom is -0.292 e. The third-order valence-corrected chi connectivity index (χ3v) is 1.66. The van der Waals surface area contributed by atoms with Gasteiger partial charge in [0.2, 0.25) is 0 Å². The van der Waals surface area contributed by atoms with Crippen LogP contribution in [0.1, 0.15) is 35.2 Å². The Morgan fingerprint density at radius 3 is 2.75 bits per heavy atom. The van der Waals surface area contributed by atoms with Crippen LogP contribution in [0.5, 0.6) is 0 Å². The lowest BCUT2D eigenvalue weighted by Crippen LogP contribution is -2.06. The highest BCUT2D eigenvalue weighted by atomic mass is 16.1. The average molecular weight is 164 g/mol. The van der Waals surface area contributed by atoms with Crippen LogP contribution >= 0.6 is 0 Å². The first kappa shape index (κ1) is 8.84. The van der Waals surface area contributed by atoms with Crippen LogP contribution in [0.25, 0.3) is 0 Å². The Labute approximate surface area is 71.9 Å². The van der Waals surface area contributed by atoms with E-state index in [1.165, 1.54) is 0 Å². The van der Waals surface area contributed by atoms with E-state index >= 15 is 0 Å². The smallest absolute Gasteiger partial charge is 0.182 e. The highest BCUT2D eigenvalue weighted by Crippen LogP contribution is 2.04. The van der Waals surface area contributed by atoms with E-state index < -0.39 is 0 Å². The lowest BCUT2D eigenvalue weighted by molar-refractivity contribution is 0.0982. The molecule has 0 aliphatic carbocycles. The Bertz CT molecular complexity index is 307. The summed E-state index contributed by atoms with van der Waals surface area (Å²) >= 11 is 0. The van der Waals surface area contributed by atoms with E-state index in [0.29, 0.717) is 17.8 Å². The molecule has 0 bridgehead atoms. The fraction of sp³-hybridized carbons (Fsp3) is 0.444. The summed E-state index contributed by atoms with van der Waals surface area (Å²) in [6, 6.07) is 0. The van der Waals surface area contributed by atoms with Gasteiger partial charge >= 0.3 is 0 Å². The molecular weight excluding hydrogens is 152 g/mol. The number of carbonyl (C=O) groups is 1. The van der Waals surface area contributed by atoms with Crippen LogP contribution in [0.4, 0.5) is 0 Å². The monoisotopic (exact) mass is 164 g/mol. The molecule has 0 aromatic carbocycles. The molecule has 0 saturated carbocycles. The molecule has 1 rings (SSSR count). The van der Waals surface area contributed by atoms with Gasteiger partial charge in [-0.15, -0.1) is 0 Å². The van der Waals surface area contributed by atoms with Crippen molar-refractivity contribution in [2.75, 3.05) is 0 Å². The summed E-state index contributed by atoms with van der Waals surface area (Å²) < 4.78 is 0. The number of hydrogen-bond acceptors (Lipinski definition) is 3. The van der Waals surface area contributed by atoms with Crippen molar-refractivity contribution in [3.63, 3.8) is 0 Å². The van der Waals surface area contributed by atoms with Crippen LogP contribution in [0.15, 0.2) is 6.20 Å². The predicted molar refractivity (Wildman–Crippen MR) is 46.1 cm³/mol. The second kappa shape index (κ2) is 3.43. The van der Waals surface area contributed by atoms with E-state index in [4.69, 9.17) is 0 Å². The van der Waals surface area contributed by atoms with Crippen molar-refractivity contribution in [3.8, 4) is 0 Å². The van der Waals surface area contributed by atoms with Crippen molar-refractivity contribution in [1.29, 1.82) is 0 Å². The van der Waals surface area contributed by atoms with E-state index in [0.717, 1.165) is 5.69 Å². The van der Waals surface area contributed by atoms with Crippen LogP contribution in [-0.4, -0.2) is 15.8 Å². The first-order valence-corrected chi connectivity index (χ1v) is 3.98. The topological polar surface area (TPSA) is 42.9 Å². The van der Waals surface area contributed by atoms with Crippen LogP contribution in [0, 0.1) is 13.8 Å². The van der Waals surface area contributed by atoms with Gasteiger partial charge in [-0.05, 0) is 13.8 Å². The third kappa shape index (κ3) is 1.67. The van der Waals surface area contributed by atoms with Crippen molar-refractivity contribution < 1.29 is 4.79 Å². The molecule has 0 atom stereocenters. The molecule has 0 aliphatic rings. The van der Waals surface area contributed by atoms with Crippen LogP contribution in [0.3, 0.4) is 0 Å². The quantitative estimate of drug-likeness (QED) is 0.624. The summed E-state index contributed by atoms with van der Waals surface area (Å²) in [5.74, 6) is 0.0590. The summed E-state index contributed by atoms with van der Waals surface area (Å²) in [5.41, 5.74) is 2.02. The maximum Gasteiger partial charge on any atom is 0.182 e. The van der Waals surface area contributed by atoms with Crippen LogP contribution < -0.4 is 0 Å². The van der Waals surface area contributed by atoms with Crippen molar-refractivity contribution in [2.45, 2.75) is 27.2 Å². The maximum absolute atomic E-state index is 11.3. The second-order valence-electron chi connectivity index (χ2n) is 2.72. The first-order valence-electron chi connectivity index (χ1n) is 3.98. The van der Waals surface area contributed by atoms with Gasteiger partial charge in [0.25, 0.3) is 0 Å². The Morgan fingerprint density at radius 2 is 2.17 bits per heavy atom. The molecule has 0 radical (unpaired) electrons. The lowest BCUT2D eigenvalue weighted by Gasteiger charge is -2.01. The molecule has 0 fully saturated rings. The minimum absolute atomic E-state index is 0.0590. The van der Waals surface area contributed by atoms with Crippen LogP contribution in [-0.2, 0) is 0 Å². The predicted octanol–water partition coefficient (Wildman–Crippen LogP) is 1.69. The molecule has 12 heavy (non-hydrogen) atoms. The molecule has 3 nitrogen and oxygen atoms in total. The Kier molecular flexibility index (Phi) is 2.53. The summed E-state index contributed by atoms with van der Waals surface area (Å²) in [5, 5.41) is 0. The van der Waals surface area contributed by atoms with Gasteiger partial charge in [0, 0.05) is 12.6 Å². The average Bonchev–Trinajstić information content (AvgIpc) is 2.08. The number of rotatable bonds is 2. The van der Waals surface area contributed by atoms with Crippen molar-refractivity contribution in [1.82, 2.24) is 9.97 Å². The number of aryl methyl sites for hydroxylation is 2. The van der Waals surface area contributed by atoms with Gasteiger partial charge < -0.3 is 0 Å². The minimum atomic E-state index is 0.0590. The largest absolute Gasteiger partial charge is 0.292 e. The molecule has 0 amide bonds. The van der Waals surface area contributed by atoms with Gasteiger partial charge in [0.1, 0.15) is 5.69 Å². The highest BCUT2D eigenvalue weighted by molar-refractivity contribution is 5.94. The first-order chi connectivity index (χ1) is 5.65. The number of Topliss-reactive ketones (excluding diaryl/α,β-unsaturated/α-hetero) is 1. The van der Waals surface area contributed by atoms with Crippen molar-refractivity contribution >= 4 is 5.78 Å². The van der Waals surface area contributed by atoms with Gasteiger partial charge in [-0.1, -0.05) is 6.92 Å². The van der Waals surface area contributed by atoms with E-state index in [9.17, 15) is 4.79 Å². The molecule has 0 spiro atoms. The molecule has 64 valence electrons. The number of aromatic nitrogens is 2. The van der Waals surface area contributed by atoms with Crippen molar-refractivity contribution in [3.05, 3.63) is 23.3 Å². The molecule has 0 saturated heterocycles. The van der Waals surface area contributed by atoms with E-state index in [1.807, 2.05) is 13.8 Å². The van der Waals surface area contributed by atoms with E-state index in [2.05, 4.69) is 9.97 Å². The van der Waals surface area contributed by atoms with Gasteiger partial charge in [0.15, 0.2) is 5.78 Å². The van der Waals surface area contributed by atoms with Gasteiger partial charge in [0.05, 0.1) is 11.4 Å². The highest BCUT2D eigenvalue weighted by Gasteiger charge is 2.08. The van der Waals surface area contributed by atoms with E-state index in [-0.39, 0.29) is 5.78 Å². The Hall–Kier alpha value is -1.25. The molecule has 1 heterocycles. The second-order valence-corrected chi connectivity index (χ2v) is 2.72. The van der Waals surface area contributed by atoms with E-state index in [1.54, 1.807) is 13.1 Å². The molecule has 0 aliphatic heterocycles. The van der Waals surface area contributed by atoms with Gasteiger partial charge in [-0.2, -0.15) is 0 Å². The normalized spacial score (nSPS) is 9.92. The molecular formula is C9H12N2O. The zero-order chi connectivity index (χ0) is 9.14. The summed E-state index contributed by atoms with van der Waals surface area (Å²) in [6.07, 6.45) is 2.15. The summed E-state index contributed by atoms with van der Waals surface area (Å²) in [6.45, 7) is 5.46. The SMILES string of the molecule is CCC(=O)c1nc(C)cnc1C. The molecule has 0 N–H and O–H groups in total. The standard InChI is InChI=1S/C9H12N2O/c1-4-8(12)9-7(3)10-5-6(2)11-9/h5H,4H2,1-3H3. The fourth-order valence-corrected chi connectivity index (χ4v) is 0.969. The van der Waals surface area contributed by atoms with Gasteiger partial charge in [-0.25, -0.2) is 4.98 Å². The van der Waals surface area contributed by atoms with Crippen molar-refractivity contribution in [2.24, 2.45) is 0 Å². The summed E-state index contributed by atoms with van der Waals surface area (Å²) in [4.78, 5) is 19.5. The number of hydrogen-bond donors (Lipinski definition) is 0. The third-order valence-electron chi connectivity index (χ3n) is 1.66. The number of ketones is 1. The summed E-state index contributed by atoms with van der Waals surface area (Å²) in [7, 11) is 0. The zero-order valence-corrected chi connectivity index (χ0v) is 7.59. The Balaban J connectivity index is 3.13. The van der Waals surface area contributed by atoms with Gasteiger partial charge in [-0.3, -0.25) is 9.78 Å². The lowest BCUT2D eigenvalue weighted by atomic mass is 10.2. The zero-order valence-electron chi connectivity index (χ0n) is 7.59. The maximum atomic E-state index is 11.3. The number of nitrogens with zero attached hydrogens (tertiary/aromatic N) is 2. The molecule has 3 heteroatoms. The Morgan fingerprint density at radius 1 is 1.50 bits per heavy atom. The molecule has 1 aromatic heterocycles.